The summed E-state index contributed by atoms with van der Waals surface area (Å²) in [6.45, 7) is 4.82. The Morgan fingerprint density at radius 3 is 1.43 bits per heavy atom. The van der Waals surface area contributed by atoms with E-state index in [2.05, 4.69) is 67.8 Å². The summed E-state index contributed by atoms with van der Waals surface area (Å²) >= 11 is 0. The first-order chi connectivity index (χ1) is 29.5. The van der Waals surface area contributed by atoms with E-state index in [1.807, 2.05) is 0 Å². The molecular formula is C54H99NO5. The van der Waals surface area contributed by atoms with Gasteiger partial charge in [-0.05, 0) is 83.5 Å². The summed E-state index contributed by atoms with van der Waals surface area (Å²) in [5, 5.41) is 23.1. The number of esters is 1. The van der Waals surface area contributed by atoms with Crippen molar-refractivity contribution in [2.45, 2.75) is 270 Å². The van der Waals surface area contributed by atoms with Gasteiger partial charge in [-0.25, -0.2) is 0 Å². The van der Waals surface area contributed by atoms with E-state index in [1.165, 1.54) is 141 Å². The van der Waals surface area contributed by atoms with Gasteiger partial charge in [0.15, 0.2) is 0 Å². The third kappa shape index (κ3) is 45.3. The molecule has 1 amide bonds. The predicted octanol–water partition coefficient (Wildman–Crippen LogP) is 15.5. The number of carbonyl (C=O) groups is 2. The van der Waals surface area contributed by atoms with Crippen molar-refractivity contribution in [3.63, 3.8) is 0 Å². The number of aliphatic hydroxyl groups excluding tert-OH is 2. The molecule has 0 saturated heterocycles. The molecule has 6 nitrogen and oxygen atoms in total. The van der Waals surface area contributed by atoms with Crippen molar-refractivity contribution in [1.82, 2.24) is 5.32 Å². The number of nitrogens with one attached hydrogen (secondary N) is 1. The van der Waals surface area contributed by atoms with Crippen molar-refractivity contribution >= 4 is 11.9 Å². The molecule has 350 valence electrons. The summed E-state index contributed by atoms with van der Waals surface area (Å²) in [5.74, 6) is -0.0773. The van der Waals surface area contributed by atoms with Gasteiger partial charge < -0.3 is 20.3 Å². The van der Waals surface area contributed by atoms with E-state index in [4.69, 9.17) is 4.74 Å². The second-order valence-electron chi connectivity index (χ2n) is 17.5. The van der Waals surface area contributed by atoms with Crippen LogP contribution in [-0.2, 0) is 14.3 Å². The molecule has 0 fully saturated rings. The van der Waals surface area contributed by atoms with Crippen LogP contribution in [0.5, 0.6) is 0 Å². The van der Waals surface area contributed by atoms with E-state index < -0.39 is 12.1 Å². The van der Waals surface area contributed by atoms with E-state index in [0.717, 1.165) is 83.5 Å². The number of ether oxygens (including phenoxy) is 1. The van der Waals surface area contributed by atoms with E-state index in [1.54, 1.807) is 0 Å². The molecule has 0 aliphatic heterocycles. The number of aliphatic hydroxyl groups is 2. The lowest BCUT2D eigenvalue weighted by atomic mass is 10.0. The first-order valence-corrected chi connectivity index (χ1v) is 25.9. The average molecular weight is 842 g/mol. The fraction of sp³-hybridized carbons (Fsp3) is 0.815. The van der Waals surface area contributed by atoms with Crippen LogP contribution in [-0.4, -0.2) is 47.4 Å². The lowest BCUT2D eigenvalue weighted by molar-refractivity contribution is -0.143. The van der Waals surface area contributed by atoms with Crippen LogP contribution in [0.15, 0.2) is 48.6 Å². The summed E-state index contributed by atoms with van der Waals surface area (Å²) in [6.07, 6.45) is 60.9. The third-order valence-corrected chi connectivity index (χ3v) is 11.6. The highest BCUT2D eigenvalue weighted by Crippen LogP contribution is 2.15. The highest BCUT2D eigenvalue weighted by molar-refractivity contribution is 5.76. The van der Waals surface area contributed by atoms with Crippen LogP contribution >= 0.6 is 0 Å². The summed E-state index contributed by atoms with van der Waals surface area (Å²) in [7, 11) is 0. The molecule has 6 heteroatoms. The minimum atomic E-state index is -0.670. The molecule has 60 heavy (non-hydrogen) atoms. The average Bonchev–Trinajstić information content (AvgIpc) is 3.25. The Morgan fingerprint density at radius 2 is 0.917 bits per heavy atom. The highest BCUT2D eigenvalue weighted by Gasteiger charge is 2.20. The van der Waals surface area contributed by atoms with Gasteiger partial charge in [-0.1, -0.05) is 210 Å². The molecule has 0 saturated carbocycles. The van der Waals surface area contributed by atoms with E-state index in [0.29, 0.717) is 25.9 Å². The molecule has 2 unspecified atom stereocenters. The lowest BCUT2D eigenvalue weighted by Gasteiger charge is -2.22. The molecule has 0 aromatic rings. The Kier molecular flexibility index (Phi) is 47.7. The molecule has 0 aliphatic carbocycles. The van der Waals surface area contributed by atoms with E-state index >= 15 is 0 Å². The zero-order valence-corrected chi connectivity index (χ0v) is 39.7. The van der Waals surface area contributed by atoms with Crippen molar-refractivity contribution in [2.24, 2.45) is 0 Å². The summed E-state index contributed by atoms with van der Waals surface area (Å²) in [6, 6.07) is -0.549. The largest absolute Gasteiger partial charge is 0.466 e. The van der Waals surface area contributed by atoms with Crippen molar-refractivity contribution in [2.75, 3.05) is 13.2 Å². The molecule has 3 N–H and O–H groups in total. The van der Waals surface area contributed by atoms with Crippen LogP contribution in [0.1, 0.15) is 258 Å². The van der Waals surface area contributed by atoms with Crippen LogP contribution in [0.25, 0.3) is 0 Å². The number of carbonyl (C=O) groups excluding carboxylic acids is 2. The van der Waals surface area contributed by atoms with E-state index in [-0.39, 0.29) is 18.5 Å². The molecule has 0 heterocycles. The second kappa shape index (κ2) is 49.5. The Balaban J connectivity index is 3.49. The fourth-order valence-electron chi connectivity index (χ4n) is 7.61. The summed E-state index contributed by atoms with van der Waals surface area (Å²) < 4.78 is 5.43. The molecule has 0 bridgehead atoms. The highest BCUT2D eigenvalue weighted by atomic mass is 16.5. The molecule has 0 rings (SSSR count). The number of rotatable bonds is 47. The van der Waals surface area contributed by atoms with Crippen molar-refractivity contribution in [3.8, 4) is 0 Å². The maximum atomic E-state index is 12.4. The van der Waals surface area contributed by atoms with Gasteiger partial charge in [0.2, 0.25) is 5.91 Å². The molecule has 0 radical (unpaired) electrons. The maximum Gasteiger partial charge on any atom is 0.305 e. The Bertz CT molecular complexity index is 1020. The van der Waals surface area contributed by atoms with Gasteiger partial charge in [-0.15, -0.1) is 0 Å². The first kappa shape index (κ1) is 57.8. The first-order valence-electron chi connectivity index (χ1n) is 25.9. The maximum absolute atomic E-state index is 12.4. The second-order valence-corrected chi connectivity index (χ2v) is 17.5. The number of hydrogen-bond donors (Lipinski definition) is 3. The Labute approximate surface area is 372 Å². The van der Waals surface area contributed by atoms with Crippen molar-refractivity contribution < 1.29 is 24.5 Å². The van der Waals surface area contributed by atoms with Gasteiger partial charge in [0.05, 0.1) is 25.4 Å². The van der Waals surface area contributed by atoms with Crippen molar-refractivity contribution in [1.29, 1.82) is 0 Å². The zero-order chi connectivity index (χ0) is 43.7. The minimum Gasteiger partial charge on any atom is -0.466 e. The van der Waals surface area contributed by atoms with Crippen LogP contribution in [0.4, 0.5) is 0 Å². The van der Waals surface area contributed by atoms with Crippen LogP contribution < -0.4 is 5.32 Å². The van der Waals surface area contributed by atoms with Crippen LogP contribution in [0, 0.1) is 0 Å². The SMILES string of the molecule is CCC/C=C\C/C=C\CCCCCCCC(=O)OCCCCC/C=C\C=C/CCCCCCCCCCCCC(=O)NC(CO)C(O)CCCCCCCCCCCCC. The van der Waals surface area contributed by atoms with Crippen LogP contribution in [0.3, 0.4) is 0 Å². The normalized spacial score (nSPS) is 13.1. The molecule has 0 aromatic carbocycles. The lowest BCUT2D eigenvalue weighted by Crippen LogP contribution is -2.45. The molecule has 0 aromatic heterocycles. The number of allylic oxidation sites excluding steroid dienone is 8. The fourth-order valence-corrected chi connectivity index (χ4v) is 7.61. The summed E-state index contributed by atoms with van der Waals surface area (Å²) in [4.78, 5) is 24.4. The van der Waals surface area contributed by atoms with Crippen molar-refractivity contribution in [3.05, 3.63) is 48.6 Å². The van der Waals surface area contributed by atoms with Gasteiger partial charge in [0.1, 0.15) is 0 Å². The monoisotopic (exact) mass is 842 g/mol. The van der Waals surface area contributed by atoms with Crippen LogP contribution in [0.2, 0.25) is 0 Å². The molecule has 0 spiro atoms. The van der Waals surface area contributed by atoms with Gasteiger partial charge in [-0.2, -0.15) is 0 Å². The molecule has 2 atom stereocenters. The van der Waals surface area contributed by atoms with E-state index in [9.17, 15) is 19.8 Å². The number of unbranched alkanes of at least 4 members (excludes halogenated alkanes) is 29. The third-order valence-electron chi connectivity index (χ3n) is 11.6. The minimum absolute atomic E-state index is 0.0297. The Hall–Kier alpha value is -2.18. The zero-order valence-electron chi connectivity index (χ0n) is 39.7. The standard InChI is InChI=1S/C54H99NO5/c1-3-5-7-9-11-13-15-23-28-32-36-40-44-48-54(59)60-49-45-41-37-33-29-25-22-20-18-16-17-19-21-24-27-31-35-39-43-47-53(58)55-51(50-56)52(57)46-42-38-34-30-26-14-12-10-8-6-4-2/h7,9,13,15,20,22,25,29,51-52,56-57H,3-6,8,10-12,14,16-19,21,23-24,26-28,30-50H2,1-2H3,(H,55,58)/b9-7-,15-13-,22-20-,29-25-. The van der Waals surface area contributed by atoms with Gasteiger partial charge in [0, 0.05) is 12.8 Å². The topological polar surface area (TPSA) is 95.9 Å². The quantitative estimate of drug-likeness (QED) is 0.0245. The predicted molar refractivity (Wildman–Crippen MR) is 259 cm³/mol. The van der Waals surface area contributed by atoms with Gasteiger partial charge in [-0.3, -0.25) is 9.59 Å². The molecular weight excluding hydrogens is 743 g/mol. The molecule has 0 aliphatic rings. The Morgan fingerprint density at radius 1 is 0.483 bits per heavy atom. The smallest absolute Gasteiger partial charge is 0.305 e. The summed E-state index contributed by atoms with van der Waals surface area (Å²) in [5.41, 5.74) is 0. The number of amides is 1. The van der Waals surface area contributed by atoms with Gasteiger partial charge >= 0.3 is 5.97 Å². The number of hydrogen-bond acceptors (Lipinski definition) is 5. The van der Waals surface area contributed by atoms with Gasteiger partial charge in [0.25, 0.3) is 0 Å².